The van der Waals surface area contributed by atoms with Crippen LogP contribution in [0.15, 0.2) is 30.5 Å². The fourth-order valence-electron chi connectivity index (χ4n) is 3.11. The lowest BCUT2D eigenvalue weighted by molar-refractivity contribution is -0.121. The first-order chi connectivity index (χ1) is 11.0. The number of rotatable bonds is 4. The number of thiazole rings is 1. The van der Waals surface area contributed by atoms with Gasteiger partial charge in [-0.15, -0.1) is 0 Å². The molecule has 1 aromatic carbocycles. The van der Waals surface area contributed by atoms with Gasteiger partial charge in [0.2, 0.25) is 5.91 Å². The van der Waals surface area contributed by atoms with Crippen molar-refractivity contribution in [1.29, 1.82) is 0 Å². The van der Waals surface area contributed by atoms with E-state index in [9.17, 15) is 9.59 Å². The number of nitrogens with one attached hydrogen (secondary N) is 1. The zero-order valence-electron chi connectivity index (χ0n) is 12.8. The van der Waals surface area contributed by atoms with Crippen LogP contribution in [-0.2, 0) is 10.2 Å². The highest BCUT2D eigenvalue weighted by Gasteiger charge is 2.42. The molecule has 120 valence electrons. The highest BCUT2D eigenvalue weighted by molar-refractivity contribution is 7.17. The highest BCUT2D eigenvalue weighted by atomic mass is 35.5. The minimum atomic E-state index is -0.535. The Kier molecular flexibility index (Phi) is 4.50. The molecule has 0 spiro atoms. The Morgan fingerprint density at radius 2 is 1.87 bits per heavy atom. The maximum absolute atomic E-state index is 12.9. The zero-order valence-corrected chi connectivity index (χ0v) is 14.3. The highest BCUT2D eigenvalue weighted by Crippen LogP contribution is 2.42. The summed E-state index contributed by atoms with van der Waals surface area (Å²) in [7, 11) is 0. The molecule has 0 bridgehead atoms. The second kappa shape index (κ2) is 6.42. The minimum absolute atomic E-state index is 0.0451. The van der Waals surface area contributed by atoms with E-state index in [1.54, 1.807) is 0 Å². The van der Waals surface area contributed by atoms with Gasteiger partial charge >= 0.3 is 0 Å². The monoisotopic (exact) mass is 348 g/mol. The van der Waals surface area contributed by atoms with Gasteiger partial charge in [0.15, 0.2) is 10.9 Å². The quantitative estimate of drug-likeness (QED) is 0.830. The summed E-state index contributed by atoms with van der Waals surface area (Å²) in [6.45, 7) is 1.49. The van der Waals surface area contributed by atoms with Gasteiger partial charge in [0, 0.05) is 11.9 Å². The zero-order chi connectivity index (χ0) is 16.4. The van der Waals surface area contributed by atoms with Crippen LogP contribution in [0.2, 0.25) is 5.02 Å². The molecule has 1 N–H and O–H groups in total. The number of halogens is 1. The number of amides is 1. The van der Waals surface area contributed by atoms with E-state index in [4.69, 9.17) is 11.6 Å². The number of ketones is 1. The molecule has 1 fully saturated rings. The van der Waals surface area contributed by atoms with E-state index in [2.05, 4.69) is 10.3 Å². The largest absolute Gasteiger partial charge is 0.301 e. The summed E-state index contributed by atoms with van der Waals surface area (Å²) in [5.74, 6) is -0.0990. The molecule has 1 aliphatic carbocycles. The molecule has 0 atom stereocenters. The molecule has 4 nitrogen and oxygen atoms in total. The summed E-state index contributed by atoms with van der Waals surface area (Å²) in [4.78, 5) is 29.0. The third kappa shape index (κ3) is 3.16. The van der Waals surface area contributed by atoms with E-state index >= 15 is 0 Å². The Hall–Kier alpha value is -1.72. The topological polar surface area (TPSA) is 59.1 Å². The molecular formula is C17H17ClN2O2S. The van der Waals surface area contributed by atoms with Crippen LogP contribution >= 0.6 is 22.9 Å². The molecule has 0 aliphatic heterocycles. The first-order valence-corrected chi connectivity index (χ1v) is 8.75. The van der Waals surface area contributed by atoms with Crippen LogP contribution in [0, 0.1) is 0 Å². The number of hydrogen-bond donors (Lipinski definition) is 1. The maximum Gasteiger partial charge on any atom is 0.236 e. The van der Waals surface area contributed by atoms with Crippen molar-refractivity contribution in [2.75, 3.05) is 5.32 Å². The molecule has 0 saturated heterocycles. The summed E-state index contributed by atoms with van der Waals surface area (Å²) in [5.41, 5.74) is 0.451. The lowest BCUT2D eigenvalue weighted by Gasteiger charge is -2.27. The minimum Gasteiger partial charge on any atom is -0.301 e. The van der Waals surface area contributed by atoms with Crippen molar-refractivity contribution >= 4 is 39.8 Å². The van der Waals surface area contributed by atoms with Gasteiger partial charge < -0.3 is 5.32 Å². The van der Waals surface area contributed by atoms with Crippen molar-refractivity contribution < 1.29 is 9.59 Å². The van der Waals surface area contributed by atoms with Gasteiger partial charge in [0.05, 0.1) is 16.5 Å². The summed E-state index contributed by atoms with van der Waals surface area (Å²) >= 11 is 7.18. The average molecular weight is 349 g/mol. The van der Waals surface area contributed by atoms with Crippen molar-refractivity contribution in [3.63, 3.8) is 0 Å². The number of benzene rings is 1. The van der Waals surface area contributed by atoms with Crippen LogP contribution in [0.5, 0.6) is 0 Å². The number of nitrogens with zero attached hydrogens (tertiary/aromatic N) is 1. The number of aromatic nitrogens is 1. The van der Waals surface area contributed by atoms with Crippen LogP contribution in [0.1, 0.15) is 47.8 Å². The number of hydrogen-bond acceptors (Lipinski definition) is 4. The second-order valence-corrected chi connectivity index (χ2v) is 7.30. The maximum atomic E-state index is 12.9. The lowest BCUT2D eigenvalue weighted by Crippen LogP contribution is -2.37. The molecule has 0 unspecified atom stereocenters. The predicted octanol–water partition coefficient (Wildman–Crippen LogP) is 4.45. The molecule has 6 heteroatoms. The first kappa shape index (κ1) is 16.1. The second-order valence-electron chi connectivity index (χ2n) is 5.84. The molecule has 1 saturated carbocycles. The summed E-state index contributed by atoms with van der Waals surface area (Å²) in [6.07, 6.45) is 5.17. The Morgan fingerprint density at radius 3 is 2.43 bits per heavy atom. The summed E-state index contributed by atoms with van der Waals surface area (Å²) in [6, 6.07) is 7.50. The molecule has 1 amide bonds. The summed E-state index contributed by atoms with van der Waals surface area (Å²) < 4.78 is 0. The van der Waals surface area contributed by atoms with Gasteiger partial charge in [-0.3, -0.25) is 9.59 Å². The molecule has 3 rings (SSSR count). The van der Waals surface area contributed by atoms with Crippen molar-refractivity contribution in [3.8, 4) is 0 Å². The van der Waals surface area contributed by atoms with E-state index in [1.807, 2.05) is 24.3 Å². The van der Waals surface area contributed by atoms with E-state index in [0.29, 0.717) is 15.0 Å². The summed E-state index contributed by atoms with van der Waals surface area (Å²) in [5, 5.41) is 4.03. The van der Waals surface area contributed by atoms with Gasteiger partial charge in [0.1, 0.15) is 0 Å². The third-order valence-corrected chi connectivity index (χ3v) is 5.63. The predicted molar refractivity (Wildman–Crippen MR) is 92.3 cm³/mol. The van der Waals surface area contributed by atoms with E-state index in [-0.39, 0.29) is 11.7 Å². The van der Waals surface area contributed by atoms with Crippen LogP contribution < -0.4 is 5.32 Å². The van der Waals surface area contributed by atoms with Gasteiger partial charge in [0.25, 0.3) is 0 Å². The van der Waals surface area contributed by atoms with E-state index in [1.165, 1.54) is 24.5 Å². The molecule has 2 aromatic rings. The van der Waals surface area contributed by atoms with Crippen LogP contribution in [0.25, 0.3) is 0 Å². The molecule has 1 aliphatic rings. The molecule has 0 radical (unpaired) electrons. The Morgan fingerprint density at radius 1 is 1.22 bits per heavy atom. The molecule has 1 heterocycles. The average Bonchev–Trinajstić information content (AvgIpc) is 3.17. The van der Waals surface area contributed by atoms with Gasteiger partial charge in [-0.05, 0) is 30.5 Å². The van der Waals surface area contributed by atoms with Gasteiger partial charge in [-0.25, -0.2) is 4.98 Å². The van der Waals surface area contributed by atoms with Crippen molar-refractivity contribution in [2.24, 2.45) is 0 Å². The normalized spacial score (nSPS) is 16.3. The molecular weight excluding hydrogens is 332 g/mol. The standard InChI is InChI=1S/C17H17ClN2O2S/c1-11(21)14-10-19-16(23-14)20-15(22)17(8-2-3-9-17)12-4-6-13(18)7-5-12/h4-7,10H,2-3,8-9H2,1H3,(H,19,20,22). The first-order valence-electron chi connectivity index (χ1n) is 7.55. The van der Waals surface area contributed by atoms with Crippen LogP contribution in [-0.4, -0.2) is 16.7 Å². The Labute approximate surface area is 143 Å². The van der Waals surface area contributed by atoms with Crippen molar-refractivity contribution in [1.82, 2.24) is 4.98 Å². The SMILES string of the molecule is CC(=O)c1cnc(NC(=O)C2(c3ccc(Cl)cc3)CCCC2)s1. The number of carbonyl (C=O) groups is 2. The third-order valence-electron chi connectivity index (χ3n) is 4.36. The van der Waals surface area contributed by atoms with E-state index in [0.717, 1.165) is 31.2 Å². The lowest BCUT2D eigenvalue weighted by atomic mass is 9.78. The van der Waals surface area contributed by atoms with Crippen molar-refractivity contribution in [3.05, 3.63) is 45.9 Å². The van der Waals surface area contributed by atoms with Crippen LogP contribution in [0.4, 0.5) is 5.13 Å². The fourth-order valence-corrected chi connectivity index (χ4v) is 3.94. The van der Waals surface area contributed by atoms with Gasteiger partial charge in [-0.2, -0.15) is 0 Å². The van der Waals surface area contributed by atoms with Crippen molar-refractivity contribution in [2.45, 2.75) is 38.0 Å². The number of anilines is 1. The number of Topliss-reactive ketones (excluding diaryl/α,β-unsaturated/α-hetero) is 1. The van der Waals surface area contributed by atoms with E-state index < -0.39 is 5.41 Å². The fraction of sp³-hybridized carbons (Fsp3) is 0.353. The number of carbonyl (C=O) groups excluding carboxylic acids is 2. The molecule has 1 aromatic heterocycles. The van der Waals surface area contributed by atoms with Gasteiger partial charge in [-0.1, -0.05) is 47.9 Å². The Bertz CT molecular complexity index is 733. The Balaban J connectivity index is 1.86. The van der Waals surface area contributed by atoms with Crippen LogP contribution in [0.3, 0.4) is 0 Å². The smallest absolute Gasteiger partial charge is 0.236 e. The molecule has 23 heavy (non-hydrogen) atoms.